The molecule has 0 N–H and O–H groups in total. The molecule has 0 aliphatic carbocycles. The highest BCUT2D eigenvalue weighted by Gasteiger charge is 2.51. The molecule has 0 spiro atoms. The van der Waals surface area contributed by atoms with Crippen LogP contribution in [0.2, 0.25) is 0 Å². The molecule has 0 atom stereocenters. The van der Waals surface area contributed by atoms with E-state index in [9.17, 15) is 8.42 Å². The summed E-state index contributed by atoms with van der Waals surface area (Å²) in [5.41, 5.74) is 0.964. The van der Waals surface area contributed by atoms with Crippen LogP contribution < -0.4 is 5.46 Å². The van der Waals surface area contributed by atoms with E-state index >= 15 is 0 Å². The molecule has 1 aliphatic rings. The van der Waals surface area contributed by atoms with E-state index in [0.29, 0.717) is 6.42 Å². The molecule has 22 heavy (non-hydrogen) atoms. The molecule has 1 saturated heterocycles. The van der Waals surface area contributed by atoms with Crippen molar-refractivity contribution >= 4 is 22.4 Å². The second-order valence-corrected chi connectivity index (χ2v) is 9.11. The number of benzene rings is 1. The first-order chi connectivity index (χ1) is 10.1. The average Bonchev–Trinajstić information content (AvgIpc) is 2.58. The van der Waals surface area contributed by atoms with Crippen molar-refractivity contribution in [2.45, 2.75) is 58.0 Å². The van der Waals surface area contributed by atoms with Crippen LogP contribution in [0.1, 0.15) is 46.6 Å². The summed E-state index contributed by atoms with van der Waals surface area (Å²) in [5, 5.41) is 0. The molecule has 2 rings (SSSR count). The lowest BCUT2D eigenvalue weighted by molar-refractivity contribution is 0.00578. The summed E-state index contributed by atoms with van der Waals surface area (Å²) in [4.78, 5) is 0. The maximum absolute atomic E-state index is 11.9. The summed E-state index contributed by atoms with van der Waals surface area (Å²) in [6.45, 7) is 9.92. The molecule has 4 nitrogen and oxygen atoms in total. The molecule has 122 valence electrons. The second kappa shape index (κ2) is 5.98. The molecule has 1 aliphatic heterocycles. The smallest absolute Gasteiger partial charge is 0.399 e. The van der Waals surface area contributed by atoms with Gasteiger partial charge in [-0.25, -0.2) is 8.42 Å². The summed E-state index contributed by atoms with van der Waals surface area (Å²) in [7, 11) is -3.43. The Bertz CT molecular complexity index is 604. The number of rotatable bonds is 5. The summed E-state index contributed by atoms with van der Waals surface area (Å²) < 4.78 is 35.7. The van der Waals surface area contributed by atoms with Crippen molar-refractivity contribution in [1.82, 2.24) is 0 Å². The van der Waals surface area contributed by atoms with Gasteiger partial charge in [0.2, 0.25) is 0 Å². The molecule has 0 bridgehead atoms. The molecular formula is C16H25BO4S. The van der Waals surface area contributed by atoms with E-state index < -0.39 is 17.0 Å². The number of hydrogen-bond donors (Lipinski definition) is 0. The van der Waals surface area contributed by atoms with Crippen LogP contribution in [-0.2, 0) is 24.9 Å². The van der Waals surface area contributed by atoms with Gasteiger partial charge >= 0.3 is 7.12 Å². The highest BCUT2D eigenvalue weighted by molar-refractivity contribution is 7.90. The van der Waals surface area contributed by atoms with Gasteiger partial charge in [0.1, 0.15) is 0 Å². The molecule has 1 fully saturated rings. The zero-order valence-electron chi connectivity index (χ0n) is 14.0. The second-order valence-electron chi connectivity index (χ2n) is 6.92. The lowest BCUT2D eigenvalue weighted by atomic mass is 9.79. The molecule has 1 heterocycles. The molecule has 0 saturated carbocycles. The van der Waals surface area contributed by atoms with Crippen LogP contribution in [0.15, 0.2) is 24.3 Å². The van der Waals surface area contributed by atoms with E-state index in [1.54, 1.807) is 0 Å². The Hall–Kier alpha value is -0.845. The van der Waals surface area contributed by atoms with Gasteiger partial charge in [-0.3, -0.25) is 0 Å². The first-order valence-electron chi connectivity index (χ1n) is 7.71. The third kappa shape index (κ3) is 3.73. The zero-order chi connectivity index (χ0) is 16.6. The highest BCUT2D eigenvalue weighted by Crippen LogP contribution is 2.36. The van der Waals surface area contributed by atoms with Gasteiger partial charge in [0.05, 0.1) is 22.7 Å². The van der Waals surface area contributed by atoms with Gasteiger partial charge in [0.25, 0.3) is 0 Å². The van der Waals surface area contributed by atoms with Crippen LogP contribution in [0.4, 0.5) is 0 Å². The summed E-state index contributed by atoms with van der Waals surface area (Å²) in [5.74, 6) is 0.316. The van der Waals surface area contributed by atoms with Gasteiger partial charge in [-0.05, 0) is 45.1 Å². The van der Waals surface area contributed by atoms with Crippen molar-refractivity contribution in [2.75, 3.05) is 5.75 Å². The fraction of sp³-hybridized carbons (Fsp3) is 0.625. The Morgan fingerprint density at radius 1 is 1.00 bits per heavy atom. The Kier molecular flexibility index (Phi) is 4.76. The van der Waals surface area contributed by atoms with Crippen LogP contribution in [0.25, 0.3) is 0 Å². The van der Waals surface area contributed by atoms with Crippen LogP contribution in [0.5, 0.6) is 0 Å². The fourth-order valence-electron chi connectivity index (χ4n) is 2.39. The minimum atomic E-state index is -3.02. The lowest BCUT2D eigenvalue weighted by Gasteiger charge is -2.32. The minimum absolute atomic E-state index is 0.0878. The van der Waals surface area contributed by atoms with Crippen molar-refractivity contribution in [3.05, 3.63) is 29.8 Å². The Balaban J connectivity index is 2.11. The number of sulfone groups is 1. The topological polar surface area (TPSA) is 52.6 Å². The van der Waals surface area contributed by atoms with E-state index in [-0.39, 0.29) is 22.7 Å². The highest BCUT2D eigenvalue weighted by atomic mass is 32.2. The lowest BCUT2D eigenvalue weighted by Crippen LogP contribution is -2.41. The monoisotopic (exact) mass is 324 g/mol. The van der Waals surface area contributed by atoms with Gasteiger partial charge in [-0.2, -0.15) is 0 Å². The molecule has 6 heteroatoms. The molecule has 1 aromatic rings. The van der Waals surface area contributed by atoms with Gasteiger partial charge < -0.3 is 9.31 Å². The van der Waals surface area contributed by atoms with E-state index in [2.05, 4.69) is 0 Å². The van der Waals surface area contributed by atoms with E-state index in [1.165, 1.54) is 0 Å². The van der Waals surface area contributed by atoms with Gasteiger partial charge in [0.15, 0.2) is 9.84 Å². The summed E-state index contributed by atoms with van der Waals surface area (Å²) >= 11 is 0. The Labute approximate surface area is 134 Å². The van der Waals surface area contributed by atoms with E-state index in [1.807, 2.05) is 58.9 Å². The standard InChI is InChI=1S/C16H25BO4S/c1-6-11-22(18,19)12-13-7-9-14(10-8-13)17-20-15(2,3)16(4,5)21-17/h7-10H,6,11-12H2,1-5H3. The minimum Gasteiger partial charge on any atom is -0.399 e. The van der Waals surface area contributed by atoms with Crippen molar-refractivity contribution in [3.63, 3.8) is 0 Å². The maximum Gasteiger partial charge on any atom is 0.494 e. The van der Waals surface area contributed by atoms with Gasteiger partial charge in [-0.15, -0.1) is 0 Å². The van der Waals surface area contributed by atoms with E-state index in [0.717, 1.165) is 11.0 Å². The molecule has 1 aromatic carbocycles. The van der Waals surface area contributed by atoms with Crippen LogP contribution in [0.3, 0.4) is 0 Å². The van der Waals surface area contributed by atoms with Crippen LogP contribution in [-0.4, -0.2) is 32.5 Å². The summed E-state index contributed by atoms with van der Waals surface area (Å²) in [6, 6.07) is 7.46. The maximum atomic E-state index is 11.9. The fourth-order valence-corrected chi connectivity index (χ4v) is 3.85. The molecule has 0 amide bonds. The molecular weight excluding hydrogens is 299 g/mol. The third-order valence-electron chi connectivity index (χ3n) is 4.41. The Morgan fingerprint density at radius 2 is 1.50 bits per heavy atom. The predicted octanol–water partition coefficient (Wildman–Crippen LogP) is 2.31. The van der Waals surface area contributed by atoms with Crippen LogP contribution >= 0.6 is 0 Å². The first kappa shape index (κ1) is 17.5. The van der Waals surface area contributed by atoms with Gasteiger partial charge in [0, 0.05) is 0 Å². The normalized spacial score (nSPS) is 20.3. The summed E-state index contributed by atoms with van der Waals surface area (Å²) in [6.07, 6.45) is 0.647. The largest absolute Gasteiger partial charge is 0.494 e. The quantitative estimate of drug-likeness (QED) is 0.780. The molecule has 0 aromatic heterocycles. The Morgan fingerprint density at radius 3 is 1.95 bits per heavy atom. The number of hydrogen-bond acceptors (Lipinski definition) is 4. The first-order valence-corrected chi connectivity index (χ1v) is 9.53. The SMILES string of the molecule is CCCS(=O)(=O)Cc1ccc(B2OC(C)(C)C(C)(C)O2)cc1. The zero-order valence-corrected chi connectivity index (χ0v) is 14.9. The van der Waals surface area contributed by atoms with Gasteiger partial charge in [-0.1, -0.05) is 31.2 Å². The third-order valence-corrected chi connectivity index (χ3v) is 6.21. The molecule has 0 radical (unpaired) electrons. The van der Waals surface area contributed by atoms with Crippen LogP contribution in [0, 0.1) is 0 Å². The van der Waals surface area contributed by atoms with Crippen molar-refractivity contribution in [2.24, 2.45) is 0 Å². The predicted molar refractivity (Wildman–Crippen MR) is 89.9 cm³/mol. The van der Waals surface area contributed by atoms with Crippen molar-refractivity contribution < 1.29 is 17.7 Å². The average molecular weight is 324 g/mol. The van der Waals surface area contributed by atoms with Crippen molar-refractivity contribution in [3.8, 4) is 0 Å². The van der Waals surface area contributed by atoms with E-state index in [4.69, 9.17) is 9.31 Å². The van der Waals surface area contributed by atoms with Crippen molar-refractivity contribution in [1.29, 1.82) is 0 Å². The molecule has 0 unspecified atom stereocenters.